The van der Waals surface area contributed by atoms with Crippen LogP contribution in [0.4, 0.5) is 0 Å². The summed E-state index contributed by atoms with van der Waals surface area (Å²) >= 11 is 0.0502. The van der Waals surface area contributed by atoms with Gasteiger partial charge in [-0.3, -0.25) is 0 Å². The number of hydrogen-bond donors (Lipinski definition) is 0. The fourth-order valence-corrected chi connectivity index (χ4v) is 1.62. The van der Waals surface area contributed by atoms with Crippen molar-refractivity contribution in [2.24, 2.45) is 0 Å². The molecule has 1 aromatic rings. The molecule has 0 fully saturated rings. The average Bonchev–Trinajstić information content (AvgIpc) is 2.17. The fourth-order valence-electron chi connectivity index (χ4n) is 0.845. The van der Waals surface area contributed by atoms with Gasteiger partial charge in [0.25, 0.3) is 0 Å². The maximum absolute atomic E-state index is 11.2. The van der Waals surface area contributed by atoms with E-state index in [1.54, 1.807) is 31.4 Å². The summed E-state index contributed by atoms with van der Waals surface area (Å²) < 4.78 is 5.20. The Labute approximate surface area is 78.1 Å². The molecule has 64 valence electrons. The summed E-state index contributed by atoms with van der Waals surface area (Å²) in [4.78, 5) is 11.2. The predicted octanol–water partition coefficient (Wildman–Crippen LogP) is 1.59. The molecular formula is C9H10O2Se. The molecular weight excluding hydrogens is 219 g/mol. The third-order valence-electron chi connectivity index (χ3n) is 1.51. The molecule has 0 aliphatic heterocycles. The predicted molar refractivity (Wildman–Crippen MR) is 48.9 cm³/mol. The van der Waals surface area contributed by atoms with Gasteiger partial charge in [-0.15, -0.1) is 0 Å². The van der Waals surface area contributed by atoms with Gasteiger partial charge in [0.05, 0.1) is 0 Å². The number of carbonyl (C=O) groups excluding carboxylic acids is 1. The van der Waals surface area contributed by atoms with Crippen molar-refractivity contribution in [2.45, 2.75) is 5.82 Å². The van der Waals surface area contributed by atoms with Crippen molar-refractivity contribution < 1.29 is 9.53 Å². The molecule has 12 heavy (non-hydrogen) atoms. The molecule has 0 aliphatic carbocycles. The van der Waals surface area contributed by atoms with E-state index in [1.165, 1.54) is 0 Å². The molecule has 1 rings (SSSR count). The molecule has 0 unspecified atom stereocenters. The van der Waals surface area contributed by atoms with Gasteiger partial charge in [-0.2, -0.15) is 0 Å². The molecule has 0 bridgehead atoms. The Morgan fingerprint density at radius 1 is 1.33 bits per heavy atom. The minimum absolute atomic E-state index is 0.0502. The van der Waals surface area contributed by atoms with Crippen molar-refractivity contribution in [1.29, 1.82) is 0 Å². The van der Waals surface area contributed by atoms with Gasteiger partial charge >= 0.3 is 77.7 Å². The SMILES string of the molecule is COc1ccc(C(=O)[Se]C)cc1. The quantitative estimate of drug-likeness (QED) is 0.735. The molecule has 0 aliphatic rings. The second-order valence-electron chi connectivity index (χ2n) is 2.22. The van der Waals surface area contributed by atoms with Gasteiger partial charge in [0, 0.05) is 0 Å². The van der Waals surface area contributed by atoms with Crippen LogP contribution in [0.25, 0.3) is 0 Å². The monoisotopic (exact) mass is 230 g/mol. The number of benzene rings is 1. The first kappa shape index (κ1) is 9.30. The van der Waals surface area contributed by atoms with Crippen LogP contribution in [0.15, 0.2) is 24.3 Å². The van der Waals surface area contributed by atoms with Gasteiger partial charge in [0.2, 0.25) is 0 Å². The molecule has 1 aromatic carbocycles. The van der Waals surface area contributed by atoms with Crippen LogP contribution in [-0.4, -0.2) is 26.7 Å². The first-order chi connectivity index (χ1) is 5.77. The number of rotatable bonds is 3. The van der Waals surface area contributed by atoms with Crippen molar-refractivity contribution >= 4 is 19.6 Å². The molecule has 0 atom stereocenters. The van der Waals surface area contributed by atoms with Crippen LogP contribution < -0.4 is 4.74 Å². The number of hydrogen-bond acceptors (Lipinski definition) is 2. The average molecular weight is 229 g/mol. The molecule has 0 radical (unpaired) electrons. The minimum atomic E-state index is 0.0502. The Morgan fingerprint density at radius 3 is 2.33 bits per heavy atom. The van der Waals surface area contributed by atoms with Crippen LogP contribution in [0.3, 0.4) is 0 Å². The Bertz CT molecular complexity index is 266. The topological polar surface area (TPSA) is 26.3 Å². The normalized spacial score (nSPS) is 9.50. The Morgan fingerprint density at radius 2 is 1.92 bits per heavy atom. The second kappa shape index (κ2) is 4.29. The second-order valence-corrected chi connectivity index (χ2v) is 3.85. The number of carbonyl (C=O) groups is 1. The summed E-state index contributed by atoms with van der Waals surface area (Å²) in [5.41, 5.74) is 0.776. The molecule has 0 saturated heterocycles. The van der Waals surface area contributed by atoms with E-state index >= 15 is 0 Å². The zero-order chi connectivity index (χ0) is 8.97. The van der Waals surface area contributed by atoms with Gasteiger partial charge < -0.3 is 0 Å². The Balaban J connectivity index is 2.84. The van der Waals surface area contributed by atoms with E-state index in [1.807, 2.05) is 5.82 Å². The Kier molecular flexibility index (Phi) is 3.32. The van der Waals surface area contributed by atoms with Gasteiger partial charge in [0.15, 0.2) is 0 Å². The van der Waals surface area contributed by atoms with Crippen LogP contribution in [0.5, 0.6) is 5.75 Å². The van der Waals surface area contributed by atoms with Crippen LogP contribution in [0.1, 0.15) is 10.4 Å². The van der Waals surface area contributed by atoms with Crippen molar-refractivity contribution in [3.05, 3.63) is 29.8 Å². The molecule has 0 spiro atoms. The van der Waals surface area contributed by atoms with Gasteiger partial charge in [0.1, 0.15) is 0 Å². The van der Waals surface area contributed by atoms with Gasteiger partial charge in [-0.1, -0.05) is 0 Å². The summed E-state index contributed by atoms with van der Waals surface area (Å²) in [6, 6.07) is 7.21. The number of methoxy groups -OCH3 is 1. The third kappa shape index (κ3) is 2.10. The standard InChI is InChI=1S/C9H10O2Se/c1-11-8-5-3-7(4-6-8)9(10)12-2/h3-6H,1-2H3. The molecule has 0 saturated carbocycles. The maximum atomic E-state index is 11.2. The Hall–Kier alpha value is -0.791. The van der Waals surface area contributed by atoms with E-state index in [9.17, 15) is 4.79 Å². The fraction of sp³-hybridized carbons (Fsp3) is 0.222. The molecule has 2 nitrogen and oxygen atoms in total. The van der Waals surface area contributed by atoms with E-state index < -0.39 is 0 Å². The van der Waals surface area contributed by atoms with E-state index in [4.69, 9.17) is 4.74 Å². The van der Waals surface area contributed by atoms with E-state index in [-0.39, 0.29) is 19.6 Å². The third-order valence-corrected chi connectivity index (χ3v) is 2.78. The van der Waals surface area contributed by atoms with Crippen LogP contribution in [0.2, 0.25) is 5.82 Å². The summed E-state index contributed by atoms with van der Waals surface area (Å²) in [6.45, 7) is 0. The molecule has 3 heteroatoms. The van der Waals surface area contributed by atoms with E-state index in [2.05, 4.69) is 0 Å². The first-order valence-electron chi connectivity index (χ1n) is 3.50. The zero-order valence-electron chi connectivity index (χ0n) is 7.03. The van der Waals surface area contributed by atoms with Crippen LogP contribution in [-0.2, 0) is 0 Å². The summed E-state index contributed by atoms with van der Waals surface area (Å²) in [5, 5.41) is 0. The van der Waals surface area contributed by atoms with E-state index in [0.29, 0.717) is 0 Å². The first-order valence-corrected chi connectivity index (χ1v) is 6.07. The van der Waals surface area contributed by atoms with Crippen molar-refractivity contribution in [3.8, 4) is 5.75 Å². The zero-order valence-corrected chi connectivity index (χ0v) is 8.75. The van der Waals surface area contributed by atoms with Crippen molar-refractivity contribution in [1.82, 2.24) is 0 Å². The molecule has 0 heterocycles. The van der Waals surface area contributed by atoms with Gasteiger partial charge in [-0.05, 0) is 0 Å². The summed E-state index contributed by atoms with van der Waals surface area (Å²) in [7, 11) is 1.61. The van der Waals surface area contributed by atoms with E-state index in [0.717, 1.165) is 11.3 Å². The van der Waals surface area contributed by atoms with Gasteiger partial charge in [-0.25, -0.2) is 0 Å². The molecule has 0 aromatic heterocycles. The molecule has 0 N–H and O–H groups in total. The van der Waals surface area contributed by atoms with Crippen LogP contribution in [0, 0.1) is 0 Å². The summed E-state index contributed by atoms with van der Waals surface area (Å²) in [5.74, 6) is 2.70. The van der Waals surface area contributed by atoms with Crippen molar-refractivity contribution in [3.63, 3.8) is 0 Å². The van der Waals surface area contributed by atoms with Crippen molar-refractivity contribution in [2.75, 3.05) is 7.11 Å². The van der Waals surface area contributed by atoms with Crippen LogP contribution >= 0.6 is 0 Å². The number of ether oxygens (including phenoxy) is 1. The molecule has 0 amide bonds. The summed E-state index contributed by atoms with van der Waals surface area (Å²) in [6.07, 6.45) is 0.